The topological polar surface area (TPSA) is 0 Å². The zero-order valence-electron chi connectivity index (χ0n) is 14.1. The minimum absolute atomic E-state index is 0.428. The van der Waals surface area contributed by atoms with Crippen LogP contribution < -0.4 is 0 Å². The van der Waals surface area contributed by atoms with E-state index >= 15 is 0 Å². The maximum Gasteiger partial charge on any atom is -0.0294 e. The molecule has 0 radical (unpaired) electrons. The molecule has 0 saturated heterocycles. The van der Waals surface area contributed by atoms with Gasteiger partial charge in [-0.2, -0.15) is 0 Å². The molecule has 0 heterocycles. The summed E-state index contributed by atoms with van der Waals surface area (Å²) in [5.74, 6) is 3.11. The summed E-state index contributed by atoms with van der Waals surface area (Å²) in [5, 5.41) is 0. The monoisotopic (exact) mass is 252 g/mol. The SMILES string of the molecule is C=C(CCC(C)C(C)(C)C)CC(C)C(C)C(C)C. The Hall–Kier alpha value is -0.260. The van der Waals surface area contributed by atoms with Gasteiger partial charge in [0.05, 0.1) is 0 Å². The molecule has 0 aliphatic heterocycles. The molecule has 108 valence electrons. The molecule has 0 aliphatic carbocycles. The van der Waals surface area contributed by atoms with Gasteiger partial charge in [-0.15, -0.1) is 0 Å². The third-order valence-corrected chi connectivity index (χ3v) is 4.97. The van der Waals surface area contributed by atoms with Gasteiger partial charge in [-0.1, -0.05) is 67.5 Å². The lowest BCUT2D eigenvalue weighted by Crippen LogP contribution is -2.18. The van der Waals surface area contributed by atoms with Gasteiger partial charge >= 0.3 is 0 Å². The summed E-state index contributed by atoms with van der Waals surface area (Å²) in [6, 6.07) is 0. The van der Waals surface area contributed by atoms with E-state index in [1.54, 1.807) is 0 Å². The van der Waals surface area contributed by atoms with E-state index in [4.69, 9.17) is 0 Å². The molecule has 0 aliphatic rings. The first-order chi connectivity index (χ1) is 8.05. The lowest BCUT2D eigenvalue weighted by Gasteiger charge is -2.28. The Balaban J connectivity index is 4.06. The fourth-order valence-electron chi connectivity index (χ4n) is 2.25. The Morgan fingerprint density at radius 1 is 1.00 bits per heavy atom. The van der Waals surface area contributed by atoms with E-state index in [9.17, 15) is 0 Å². The maximum absolute atomic E-state index is 4.29. The van der Waals surface area contributed by atoms with Crippen LogP contribution in [-0.2, 0) is 0 Å². The predicted molar refractivity (Wildman–Crippen MR) is 84.8 cm³/mol. The molecule has 0 heteroatoms. The standard InChI is InChI=1S/C18H36/c1-13(2)17(6)15(4)12-14(3)10-11-16(5)18(7,8)9/h13,15-17H,3,10-12H2,1-2,4-9H3. The average Bonchev–Trinajstić information content (AvgIpc) is 2.22. The van der Waals surface area contributed by atoms with Crippen LogP contribution >= 0.6 is 0 Å². The molecular formula is C18H36. The summed E-state index contributed by atoms with van der Waals surface area (Å²) in [6.45, 7) is 23.1. The predicted octanol–water partition coefficient (Wildman–Crippen LogP) is 6.32. The van der Waals surface area contributed by atoms with Crippen LogP contribution in [0.4, 0.5) is 0 Å². The van der Waals surface area contributed by atoms with Crippen molar-refractivity contribution in [2.45, 2.75) is 74.7 Å². The van der Waals surface area contributed by atoms with Crippen molar-refractivity contribution in [3.05, 3.63) is 12.2 Å². The number of hydrogen-bond acceptors (Lipinski definition) is 0. The first-order valence-electron chi connectivity index (χ1n) is 7.72. The fraction of sp³-hybridized carbons (Fsp3) is 0.889. The summed E-state index contributed by atoms with van der Waals surface area (Å²) >= 11 is 0. The molecule has 0 spiro atoms. The first kappa shape index (κ1) is 17.7. The molecule has 0 saturated carbocycles. The van der Waals surface area contributed by atoms with E-state index in [-0.39, 0.29) is 0 Å². The van der Waals surface area contributed by atoms with Crippen LogP contribution in [0.1, 0.15) is 74.7 Å². The van der Waals surface area contributed by atoms with E-state index in [0.717, 1.165) is 23.7 Å². The Morgan fingerprint density at radius 2 is 1.50 bits per heavy atom. The van der Waals surface area contributed by atoms with Gasteiger partial charge in [0.15, 0.2) is 0 Å². The molecule has 0 amide bonds. The minimum atomic E-state index is 0.428. The smallest absolute Gasteiger partial charge is 0.0294 e. The highest BCUT2D eigenvalue weighted by atomic mass is 14.3. The van der Waals surface area contributed by atoms with Crippen LogP contribution in [0.25, 0.3) is 0 Å². The quantitative estimate of drug-likeness (QED) is 0.465. The van der Waals surface area contributed by atoms with Crippen molar-refractivity contribution < 1.29 is 0 Å². The van der Waals surface area contributed by atoms with Crippen molar-refractivity contribution in [1.29, 1.82) is 0 Å². The van der Waals surface area contributed by atoms with Gasteiger partial charge in [0, 0.05) is 0 Å². The van der Waals surface area contributed by atoms with Crippen LogP contribution in [0.3, 0.4) is 0 Å². The van der Waals surface area contributed by atoms with Gasteiger partial charge in [-0.3, -0.25) is 0 Å². The van der Waals surface area contributed by atoms with Gasteiger partial charge in [-0.05, 0) is 48.3 Å². The Morgan fingerprint density at radius 3 is 1.89 bits per heavy atom. The average molecular weight is 252 g/mol. The second-order valence-corrected chi connectivity index (χ2v) is 7.84. The second kappa shape index (κ2) is 7.36. The first-order valence-corrected chi connectivity index (χ1v) is 7.72. The Bertz CT molecular complexity index is 241. The van der Waals surface area contributed by atoms with Crippen LogP contribution in [0.2, 0.25) is 0 Å². The molecule has 0 rings (SSSR count). The normalized spacial score (nSPS) is 17.6. The molecular weight excluding hydrogens is 216 g/mol. The van der Waals surface area contributed by atoms with E-state index in [1.807, 2.05) is 0 Å². The fourth-order valence-corrected chi connectivity index (χ4v) is 2.25. The molecule has 0 bridgehead atoms. The third-order valence-electron chi connectivity index (χ3n) is 4.97. The minimum Gasteiger partial charge on any atom is -0.0999 e. The van der Waals surface area contributed by atoms with Crippen LogP contribution in [0, 0.1) is 29.1 Å². The molecule has 0 fully saturated rings. The van der Waals surface area contributed by atoms with E-state index in [1.165, 1.54) is 24.8 Å². The van der Waals surface area contributed by atoms with E-state index in [2.05, 4.69) is 62.0 Å². The van der Waals surface area contributed by atoms with E-state index < -0.39 is 0 Å². The molecule has 18 heavy (non-hydrogen) atoms. The lowest BCUT2D eigenvalue weighted by atomic mass is 9.77. The summed E-state index contributed by atoms with van der Waals surface area (Å²) < 4.78 is 0. The maximum atomic E-state index is 4.29. The van der Waals surface area contributed by atoms with Gasteiger partial charge in [0.2, 0.25) is 0 Å². The van der Waals surface area contributed by atoms with Crippen molar-refractivity contribution in [2.24, 2.45) is 29.1 Å². The van der Waals surface area contributed by atoms with E-state index in [0.29, 0.717) is 5.41 Å². The molecule has 0 aromatic rings. The summed E-state index contributed by atoms with van der Waals surface area (Å²) in [5.41, 5.74) is 1.88. The van der Waals surface area contributed by atoms with Crippen molar-refractivity contribution in [3.63, 3.8) is 0 Å². The number of hydrogen-bond donors (Lipinski definition) is 0. The molecule has 0 nitrogen and oxygen atoms in total. The highest BCUT2D eigenvalue weighted by Gasteiger charge is 2.21. The summed E-state index contributed by atoms with van der Waals surface area (Å²) in [7, 11) is 0. The summed E-state index contributed by atoms with van der Waals surface area (Å²) in [6.07, 6.45) is 3.69. The highest BCUT2D eigenvalue weighted by Crippen LogP contribution is 2.32. The van der Waals surface area contributed by atoms with Crippen molar-refractivity contribution in [3.8, 4) is 0 Å². The van der Waals surface area contributed by atoms with Gasteiger partial charge < -0.3 is 0 Å². The van der Waals surface area contributed by atoms with Gasteiger partial charge in [-0.25, -0.2) is 0 Å². The molecule has 0 N–H and O–H groups in total. The highest BCUT2D eigenvalue weighted by molar-refractivity contribution is 4.96. The Kier molecular flexibility index (Phi) is 7.25. The van der Waals surface area contributed by atoms with Gasteiger partial charge in [0.25, 0.3) is 0 Å². The number of allylic oxidation sites excluding steroid dienone is 1. The third kappa shape index (κ3) is 6.61. The zero-order valence-corrected chi connectivity index (χ0v) is 14.1. The van der Waals surface area contributed by atoms with Crippen molar-refractivity contribution in [2.75, 3.05) is 0 Å². The van der Waals surface area contributed by atoms with Crippen molar-refractivity contribution >= 4 is 0 Å². The molecule has 0 aromatic heterocycles. The molecule has 3 unspecified atom stereocenters. The van der Waals surface area contributed by atoms with Crippen molar-refractivity contribution in [1.82, 2.24) is 0 Å². The molecule has 0 aromatic carbocycles. The second-order valence-electron chi connectivity index (χ2n) is 7.84. The molecule has 3 atom stereocenters. The van der Waals surface area contributed by atoms with Crippen LogP contribution in [-0.4, -0.2) is 0 Å². The zero-order chi connectivity index (χ0) is 14.5. The number of rotatable bonds is 7. The summed E-state index contributed by atoms with van der Waals surface area (Å²) in [4.78, 5) is 0. The lowest BCUT2D eigenvalue weighted by molar-refractivity contribution is 0.244. The van der Waals surface area contributed by atoms with Crippen LogP contribution in [0.5, 0.6) is 0 Å². The van der Waals surface area contributed by atoms with Gasteiger partial charge in [0.1, 0.15) is 0 Å². The van der Waals surface area contributed by atoms with Crippen LogP contribution in [0.15, 0.2) is 12.2 Å². The largest absolute Gasteiger partial charge is 0.0999 e. The Labute approximate surface area is 116 Å².